The first-order valence-corrected chi connectivity index (χ1v) is 10.9. The van der Waals surface area contributed by atoms with Gasteiger partial charge in [-0.15, -0.1) is 0 Å². The van der Waals surface area contributed by atoms with E-state index in [1.807, 2.05) is 31.3 Å². The van der Waals surface area contributed by atoms with Crippen LogP contribution in [0.5, 0.6) is 5.75 Å². The number of oxazole rings is 1. The van der Waals surface area contributed by atoms with Crippen LogP contribution in [0.4, 0.5) is 6.01 Å². The molecule has 2 N–H and O–H groups in total. The number of benzene rings is 1. The number of hydrogen-bond donors (Lipinski definition) is 2. The Morgan fingerprint density at radius 3 is 2.87 bits per heavy atom. The van der Waals surface area contributed by atoms with Crippen molar-refractivity contribution >= 4 is 28.8 Å². The lowest BCUT2D eigenvalue weighted by Gasteiger charge is -2.40. The molecule has 30 heavy (non-hydrogen) atoms. The smallest absolute Gasteiger partial charge is 0.301 e. The molecule has 1 aliphatic heterocycles. The molecule has 1 saturated carbocycles. The van der Waals surface area contributed by atoms with Crippen LogP contribution in [0.2, 0.25) is 5.02 Å². The number of phenolic OH excluding ortho intramolecular Hbond substituents is 1. The number of hydrogen-bond acceptors (Lipinski definition) is 6. The van der Waals surface area contributed by atoms with E-state index in [0.29, 0.717) is 33.5 Å². The molecule has 7 heteroatoms. The van der Waals surface area contributed by atoms with Crippen molar-refractivity contribution in [3.05, 3.63) is 46.6 Å². The lowest BCUT2D eigenvalue weighted by molar-refractivity contribution is 0.124. The fraction of sp³-hybridized carbons (Fsp3) is 0.391. The van der Waals surface area contributed by atoms with Gasteiger partial charge in [0.25, 0.3) is 0 Å². The van der Waals surface area contributed by atoms with Gasteiger partial charge < -0.3 is 14.8 Å². The molecule has 156 valence electrons. The van der Waals surface area contributed by atoms with Gasteiger partial charge in [-0.25, -0.2) is 4.98 Å². The van der Waals surface area contributed by atoms with E-state index in [1.54, 1.807) is 0 Å². The van der Waals surface area contributed by atoms with E-state index in [2.05, 4.69) is 20.2 Å². The van der Waals surface area contributed by atoms with Crippen LogP contribution < -0.4 is 5.32 Å². The second-order valence-corrected chi connectivity index (χ2v) is 8.70. The number of aryl methyl sites for hydroxylation is 1. The molecule has 0 spiro atoms. The first kappa shape index (κ1) is 19.4. The van der Waals surface area contributed by atoms with Crippen molar-refractivity contribution < 1.29 is 9.52 Å². The van der Waals surface area contributed by atoms with Crippen molar-refractivity contribution in [1.29, 1.82) is 0 Å². The Bertz CT molecular complexity index is 1100. The van der Waals surface area contributed by atoms with Crippen molar-refractivity contribution in [2.45, 2.75) is 45.1 Å². The predicted octanol–water partition coefficient (Wildman–Crippen LogP) is 5.50. The number of nitrogens with zero attached hydrogens (tertiary/aromatic N) is 3. The molecule has 3 heterocycles. The molecule has 2 fully saturated rings. The van der Waals surface area contributed by atoms with Crippen LogP contribution in [0.15, 0.2) is 40.5 Å². The van der Waals surface area contributed by atoms with Crippen LogP contribution >= 0.6 is 11.6 Å². The summed E-state index contributed by atoms with van der Waals surface area (Å²) in [5.41, 5.74) is 4.62. The summed E-state index contributed by atoms with van der Waals surface area (Å²) in [6.45, 7) is 4.12. The normalized spacial score (nSPS) is 19.3. The number of aromatic hydroxyl groups is 1. The van der Waals surface area contributed by atoms with Gasteiger partial charge in [-0.2, -0.15) is 4.98 Å². The molecule has 0 radical (unpaired) electrons. The van der Waals surface area contributed by atoms with E-state index in [0.717, 1.165) is 24.6 Å². The summed E-state index contributed by atoms with van der Waals surface area (Å²) in [5.74, 6) is 0.103. The Kier molecular flexibility index (Phi) is 5.13. The highest BCUT2D eigenvalue weighted by atomic mass is 35.5. The average molecular weight is 425 g/mol. The molecule has 1 aromatic carbocycles. The van der Waals surface area contributed by atoms with Gasteiger partial charge >= 0.3 is 6.01 Å². The molecule has 3 aromatic rings. The minimum Gasteiger partial charge on any atom is -0.507 e. The van der Waals surface area contributed by atoms with Crippen LogP contribution in [-0.2, 0) is 0 Å². The fourth-order valence-corrected chi connectivity index (χ4v) is 4.62. The Morgan fingerprint density at radius 2 is 2.10 bits per heavy atom. The third-order valence-corrected chi connectivity index (χ3v) is 6.35. The number of aromatic nitrogens is 2. The molecular formula is C23H25ClN4O2. The number of anilines is 1. The third-order valence-electron chi connectivity index (χ3n) is 6.13. The molecule has 0 atom stereocenters. The van der Waals surface area contributed by atoms with E-state index in [4.69, 9.17) is 16.0 Å². The standard InChI is InChI=1S/C23H25ClN4O2/c1-14-10-16(24)11-19(29)21(14)18-7-8-20-22(26-18)27-23(30-20)25-12-15-4-3-9-28(13-15)17-5-2-6-17/h7-8,10-12,17,29H,2-6,9,13H2,1H3,(H,25,26,27). The summed E-state index contributed by atoms with van der Waals surface area (Å²) < 4.78 is 5.81. The number of likely N-dealkylation sites (tertiary alicyclic amines) is 1. The Labute approximate surface area is 180 Å². The SMILES string of the molecule is Cc1cc(Cl)cc(O)c1-c1ccc2oc(NC=C3CCCN(C4CCC4)C3)nc2n1. The minimum absolute atomic E-state index is 0.103. The van der Waals surface area contributed by atoms with E-state index in [9.17, 15) is 5.11 Å². The topological polar surface area (TPSA) is 74.4 Å². The number of nitrogens with one attached hydrogen (secondary N) is 1. The average Bonchev–Trinajstić information content (AvgIpc) is 3.07. The highest BCUT2D eigenvalue weighted by molar-refractivity contribution is 6.31. The molecule has 6 nitrogen and oxygen atoms in total. The fourth-order valence-electron chi connectivity index (χ4n) is 4.35. The largest absolute Gasteiger partial charge is 0.507 e. The zero-order valence-electron chi connectivity index (χ0n) is 17.0. The van der Waals surface area contributed by atoms with Crippen LogP contribution in [0.1, 0.15) is 37.7 Å². The van der Waals surface area contributed by atoms with E-state index < -0.39 is 0 Å². The molecule has 1 saturated heterocycles. The summed E-state index contributed by atoms with van der Waals surface area (Å²) >= 11 is 6.02. The number of rotatable bonds is 4. The maximum atomic E-state index is 10.3. The summed E-state index contributed by atoms with van der Waals surface area (Å²) in [5, 5.41) is 14.0. The lowest BCUT2D eigenvalue weighted by Crippen LogP contribution is -2.43. The van der Waals surface area contributed by atoms with Crippen LogP contribution in [0.3, 0.4) is 0 Å². The van der Waals surface area contributed by atoms with Crippen molar-refractivity contribution in [2.75, 3.05) is 18.4 Å². The molecule has 2 aliphatic rings. The summed E-state index contributed by atoms with van der Waals surface area (Å²) in [6.07, 6.45) is 8.38. The number of halogens is 1. The van der Waals surface area contributed by atoms with E-state index >= 15 is 0 Å². The third kappa shape index (κ3) is 3.77. The minimum atomic E-state index is 0.103. The number of piperidine rings is 1. The second-order valence-electron chi connectivity index (χ2n) is 8.26. The van der Waals surface area contributed by atoms with Crippen LogP contribution in [0.25, 0.3) is 22.5 Å². The van der Waals surface area contributed by atoms with Crippen molar-refractivity contribution in [1.82, 2.24) is 14.9 Å². The predicted molar refractivity (Wildman–Crippen MR) is 119 cm³/mol. The Morgan fingerprint density at radius 1 is 1.23 bits per heavy atom. The van der Waals surface area contributed by atoms with Gasteiger partial charge in [-0.05, 0) is 74.6 Å². The van der Waals surface area contributed by atoms with Crippen LogP contribution in [-0.4, -0.2) is 39.1 Å². The monoisotopic (exact) mass is 424 g/mol. The molecule has 0 amide bonds. The zero-order chi connectivity index (χ0) is 20.7. The van der Waals surface area contributed by atoms with Crippen LogP contribution in [0, 0.1) is 6.92 Å². The summed E-state index contributed by atoms with van der Waals surface area (Å²) in [7, 11) is 0. The zero-order valence-corrected chi connectivity index (χ0v) is 17.7. The molecule has 5 rings (SSSR count). The number of pyridine rings is 1. The number of phenols is 1. The first-order valence-electron chi connectivity index (χ1n) is 10.5. The Balaban J connectivity index is 1.35. The lowest BCUT2D eigenvalue weighted by atomic mass is 9.89. The summed E-state index contributed by atoms with van der Waals surface area (Å²) in [4.78, 5) is 11.7. The molecular weight excluding hydrogens is 400 g/mol. The second kappa shape index (κ2) is 7.93. The maximum Gasteiger partial charge on any atom is 0.301 e. The highest BCUT2D eigenvalue weighted by Gasteiger charge is 2.27. The van der Waals surface area contributed by atoms with Gasteiger partial charge in [0.1, 0.15) is 5.75 Å². The molecule has 0 unspecified atom stereocenters. The maximum absolute atomic E-state index is 10.3. The van der Waals surface area contributed by atoms with Gasteiger partial charge in [0, 0.05) is 29.4 Å². The van der Waals surface area contributed by atoms with Gasteiger partial charge in [0.05, 0.1) is 5.69 Å². The van der Waals surface area contributed by atoms with Crippen molar-refractivity contribution in [3.63, 3.8) is 0 Å². The van der Waals surface area contributed by atoms with Gasteiger partial charge in [-0.3, -0.25) is 4.90 Å². The van der Waals surface area contributed by atoms with Gasteiger partial charge in [0.2, 0.25) is 5.65 Å². The van der Waals surface area contributed by atoms with Crippen molar-refractivity contribution in [3.8, 4) is 17.0 Å². The quantitative estimate of drug-likeness (QED) is 0.575. The highest BCUT2D eigenvalue weighted by Crippen LogP contribution is 2.35. The van der Waals surface area contributed by atoms with Gasteiger partial charge in [-0.1, -0.05) is 18.0 Å². The molecule has 0 bridgehead atoms. The van der Waals surface area contributed by atoms with Crippen molar-refractivity contribution in [2.24, 2.45) is 0 Å². The first-order chi connectivity index (χ1) is 14.6. The number of fused-ring (bicyclic) bond motifs is 1. The van der Waals surface area contributed by atoms with E-state index in [1.165, 1.54) is 43.9 Å². The summed E-state index contributed by atoms with van der Waals surface area (Å²) in [6, 6.07) is 8.18. The Hall–Kier alpha value is -2.57. The molecule has 2 aromatic heterocycles. The molecule has 1 aliphatic carbocycles. The van der Waals surface area contributed by atoms with Gasteiger partial charge in [0.15, 0.2) is 5.58 Å². The van der Waals surface area contributed by atoms with E-state index in [-0.39, 0.29) is 5.75 Å².